The lowest BCUT2D eigenvalue weighted by Gasteiger charge is -2.27. The molecule has 1 N–H and O–H groups in total. The summed E-state index contributed by atoms with van der Waals surface area (Å²) in [6.45, 7) is 3.38. The lowest BCUT2D eigenvalue weighted by atomic mass is 10.2. The summed E-state index contributed by atoms with van der Waals surface area (Å²) in [5, 5.41) is 8.77. The molecule has 1 amide bonds. The minimum absolute atomic E-state index is 0.0826. The van der Waals surface area contributed by atoms with Crippen molar-refractivity contribution in [2.75, 3.05) is 25.9 Å². The molecule has 1 unspecified atom stereocenters. The van der Waals surface area contributed by atoms with Gasteiger partial charge >= 0.3 is 5.97 Å². The van der Waals surface area contributed by atoms with E-state index in [2.05, 4.69) is 6.58 Å². The van der Waals surface area contributed by atoms with Crippen molar-refractivity contribution in [3.8, 4) is 0 Å². The zero-order valence-electron chi connectivity index (χ0n) is 10.8. The third kappa shape index (κ3) is 4.03. The Bertz CT molecular complexity index is 473. The number of nitrogens with zero attached hydrogens (tertiary/aromatic N) is 2. The standard InChI is InChI=1S/C11H18N2O5S/c1-3-6-12(8-10(14)15)11(16)9-5-4-7-13(9)19(2,17)18/h3,9H,1,4-8H2,2H3,(H,14,15). The summed E-state index contributed by atoms with van der Waals surface area (Å²) in [5.74, 6) is -1.62. The minimum atomic E-state index is -3.46. The normalized spacial score (nSPS) is 20.2. The number of carboxylic acid groups (broad SMARTS) is 1. The van der Waals surface area contributed by atoms with Crippen LogP contribution >= 0.6 is 0 Å². The molecule has 1 atom stereocenters. The van der Waals surface area contributed by atoms with E-state index < -0.39 is 34.5 Å². The zero-order valence-corrected chi connectivity index (χ0v) is 11.6. The highest BCUT2D eigenvalue weighted by molar-refractivity contribution is 7.88. The van der Waals surface area contributed by atoms with Gasteiger partial charge < -0.3 is 10.0 Å². The number of sulfonamides is 1. The van der Waals surface area contributed by atoms with Crippen LogP contribution in [0.2, 0.25) is 0 Å². The number of hydrogen-bond acceptors (Lipinski definition) is 4. The molecule has 1 aliphatic heterocycles. The van der Waals surface area contributed by atoms with Gasteiger partial charge in [0.15, 0.2) is 0 Å². The van der Waals surface area contributed by atoms with Crippen LogP contribution < -0.4 is 0 Å². The fourth-order valence-electron chi connectivity index (χ4n) is 2.15. The van der Waals surface area contributed by atoms with Crippen LogP contribution in [0.3, 0.4) is 0 Å². The molecule has 0 saturated carbocycles. The van der Waals surface area contributed by atoms with E-state index in [-0.39, 0.29) is 6.54 Å². The summed E-state index contributed by atoms with van der Waals surface area (Å²) >= 11 is 0. The Labute approximate surface area is 112 Å². The monoisotopic (exact) mass is 290 g/mol. The Kier molecular flexibility index (Phi) is 5.07. The first-order valence-electron chi connectivity index (χ1n) is 5.85. The van der Waals surface area contributed by atoms with Crippen LogP contribution in [0.5, 0.6) is 0 Å². The van der Waals surface area contributed by atoms with Crippen molar-refractivity contribution in [1.82, 2.24) is 9.21 Å². The predicted molar refractivity (Wildman–Crippen MR) is 69.0 cm³/mol. The highest BCUT2D eigenvalue weighted by atomic mass is 32.2. The third-order valence-corrected chi connectivity index (χ3v) is 4.19. The molecule has 0 spiro atoms. The lowest BCUT2D eigenvalue weighted by molar-refractivity contribution is -0.145. The Morgan fingerprint density at radius 3 is 2.63 bits per heavy atom. The van der Waals surface area contributed by atoms with Crippen LogP contribution in [0.15, 0.2) is 12.7 Å². The van der Waals surface area contributed by atoms with Gasteiger partial charge in [0.2, 0.25) is 15.9 Å². The largest absolute Gasteiger partial charge is 0.480 e. The second kappa shape index (κ2) is 6.16. The van der Waals surface area contributed by atoms with Gasteiger partial charge in [-0.25, -0.2) is 8.42 Å². The summed E-state index contributed by atoms with van der Waals surface area (Å²) in [4.78, 5) is 24.1. The molecule has 0 aromatic heterocycles. The summed E-state index contributed by atoms with van der Waals surface area (Å²) in [5.41, 5.74) is 0. The van der Waals surface area contributed by atoms with Gasteiger partial charge in [0.05, 0.1) is 6.26 Å². The number of carboxylic acids is 1. The van der Waals surface area contributed by atoms with Gasteiger partial charge in [0.1, 0.15) is 12.6 Å². The second-order valence-corrected chi connectivity index (χ2v) is 6.37. The Morgan fingerprint density at radius 2 is 2.16 bits per heavy atom. The highest BCUT2D eigenvalue weighted by Gasteiger charge is 2.38. The van der Waals surface area contributed by atoms with Crippen molar-refractivity contribution in [3.05, 3.63) is 12.7 Å². The average molecular weight is 290 g/mol. The number of carbonyl (C=O) groups excluding carboxylic acids is 1. The number of carbonyl (C=O) groups is 2. The van der Waals surface area contributed by atoms with E-state index in [1.807, 2.05) is 0 Å². The molecule has 0 aromatic rings. The smallest absolute Gasteiger partial charge is 0.323 e. The van der Waals surface area contributed by atoms with Crippen molar-refractivity contribution in [1.29, 1.82) is 0 Å². The van der Waals surface area contributed by atoms with Gasteiger partial charge in [-0.1, -0.05) is 6.08 Å². The first-order chi connectivity index (χ1) is 8.77. The van der Waals surface area contributed by atoms with Crippen LogP contribution in [-0.2, 0) is 19.6 Å². The molecule has 1 aliphatic rings. The summed E-state index contributed by atoms with van der Waals surface area (Å²) in [7, 11) is -3.46. The zero-order chi connectivity index (χ0) is 14.6. The van der Waals surface area contributed by atoms with Crippen LogP contribution in [-0.4, -0.2) is 66.5 Å². The van der Waals surface area contributed by atoms with Crippen molar-refractivity contribution in [2.24, 2.45) is 0 Å². The van der Waals surface area contributed by atoms with Crippen molar-refractivity contribution in [3.63, 3.8) is 0 Å². The molecule has 0 aromatic carbocycles. The maximum atomic E-state index is 12.2. The number of rotatable bonds is 6. The number of hydrogen-bond donors (Lipinski definition) is 1. The molecule has 0 radical (unpaired) electrons. The minimum Gasteiger partial charge on any atom is -0.480 e. The van der Waals surface area contributed by atoms with Crippen LogP contribution in [0, 0.1) is 0 Å². The third-order valence-electron chi connectivity index (χ3n) is 2.90. The molecule has 0 bridgehead atoms. The SMILES string of the molecule is C=CCN(CC(=O)O)C(=O)C1CCCN1S(C)(=O)=O. The molecule has 1 heterocycles. The molecule has 1 rings (SSSR count). The van der Waals surface area contributed by atoms with Gasteiger partial charge in [-0.2, -0.15) is 4.31 Å². The summed E-state index contributed by atoms with van der Waals surface area (Å²) in [6, 6.07) is -0.797. The fraction of sp³-hybridized carbons (Fsp3) is 0.636. The molecule has 8 heteroatoms. The van der Waals surface area contributed by atoms with E-state index in [0.717, 1.165) is 15.5 Å². The van der Waals surface area contributed by atoms with Crippen LogP contribution in [0.4, 0.5) is 0 Å². The quantitative estimate of drug-likeness (QED) is 0.666. The van der Waals surface area contributed by atoms with Gasteiger partial charge in [-0.05, 0) is 12.8 Å². The molecule has 19 heavy (non-hydrogen) atoms. The molecular formula is C11H18N2O5S. The topological polar surface area (TPSA) is 95.0 Å². The van der Waals surface area contributed by atoms with E-state index >= 15 is 0 Å². The van der Waals surface area contributed by atoms with E-state index in [0.29, 0.717) is 19.4 Å². The molecule has 1 fully saturated rings. The van der Waals surface area contributed by atoms with E-state index in [1.54, 1.807) is 0 Å². The van der Waals surface area contributed by atoms with E-state index in [4.69, 9.17) is 5.11 Å². The molecular weight excluding hydrogens is 272 g/mol. The van der Waals surface area contributed by atoms with Crippen LogP contribution in [0.25, 0.3) is 0 Å². The Hall–Kier alpha value is -1.41. The maximum absolute atomic E-state index is 12.2. The summed E-state index contributed by atoms with van der Waals surface area (Å²) in [6.07, 6.45) is 3.48. The van der Waals surface area contributed by atoms with Crippen molar-refractivity contribution in [2.45, 2.75) is 18.9 Å². The Balaban J connectivity index is 2.89. The van der Waals surface area contributed by atoms with Gasteiger partial charge in [0.25, 0.3) is 0 Å². The average Bonchev–Trinajstić information content (AvgIpc) is 2.75. The predicted octanol–water partition coefficient (Wildman–Crippen LogP) is -0.490. The number of aliphatic carboxylic acids is 1. The first-order valence-corrected chi connectivity index (χ1v) is 7.70. The lowest BCUT2D eigenvalue weighted by Crippen LogP contribution is -2.48. The van der Waals surface area contributed by atoms with E-state index in [1.165, 1.54) is 6.08 Å². The van der Waals surface area contributed by atoms with Gasteiger partial charge in [-0.15, -0.1) is 6.58 Å². The molecule has 108 valence electrons. The molecule has 1 saturated heterocycles. The first kappa shape index (κ1) is 15.6. The fourth-order valence-corrected chi connectivity index (χ4v) is 3.26. The maximum Gasteiger partial charge on any atom is 0.323 e. The Morgan fingerprint density at radius 1 is 1.53 bits per heavy atom. The number of amides is 1. The van der Waals surface area contributed by atoms with Gasteiger partial charge in [-0.3, -0.25) is 9.59 Å². The van der Waals surface area contributed by atoms with Crippen molar-refractivity contribution < 1.29 is 23.1 Å². The molecule has 7 nitrogen and oxygen atoms in total. The molecule has 0 aliphatic carbocycles. The van der Waals surface area contributed by atoms with Gasteiger partial charge in [0, 0.05) is 13.1 Å². The highest BCUT2D eigenvalue weighted by Crippen LogP contribution is 2.22. The second-order valence-electron chi connectivity index (χ2n) is 4.43. The van der Waals surface area contributed by atoms with Crippen LogP contribution in [0.1, 0.15) is 12.8 Å². The van der Waals surface area contributed by atoms with E-state index in [9.17, 15) is 18.0 Å². The van der Waals surface area contributed by atoms with Crippen molar-refractivity contribution >= 4 is 21.9 Å². The summed E-state index contributed by atoms with van der Waals surface area (Å²) < 4.78 is 24.3.